The Hall–Kier alpha value is -1.94. The van der Waals surface area contributed by atoms with Crippen molar-refractivity contribution in [2.24, 2.45) is 4.99 Å². The van der Waals surface area contributed by atoms with Crippen LogP contribution in [-0.4, -0.2) is 30.2 Å². The first-order valence-electron chi connectivity index (χ1n) is 10.9. The molecule has 0 fully saturated rings. The van der Waals surface area contributed by atoms with Gasteiger partial charge >= 0.3 is 0 Å². The molecule has 0 aliphatic carbocycles. The fourth-order valence-electron chi connectivity index (χ4n) is 3.73. The van der Waals surface area contributed by atoms with Crippen LogP contribution < -0.4 is 9.47 Å². The van der Waals surface area contributed by atoms with Crippen molar-refractivity contribution in [2.45, 2.75) is 63.8 Å². The number of thioether (sulfide) groups is 1. The SMILES string of the molecule is CCCCC1(CC)CSc2cc(OCC)c(OCC)cc2C(c2ccccc2)=N1. The van der Waals surface area contributed by atoms with Crippen molar-refractivity contribution < 1.29 is 9.47 Å². The molecule has 3 rings (SSSR count). The molecule has 1 unspecified atom stereocenters. The zero-order chi connectivity index (χ0) is 20.7. The number of ether oxygens (including phenoxy) is 2. The van der Waals surface area contributed by atoms with Gasteiger partial charge in [-0.2, -0.15) is 0 Å². The predicted molar refractivity (Wildman–Crippen MR) is 124 cm³/mol. The minimum atomic E-state index is -0.0393. The molecule has 0 saturated carbocycles. The Kier molecular flexibility index (Phi) is 7.65. The lowest BCUT2D eigenvalue weighted by Gasteiger charge is -2.28. The van der Waals surface area contributed by atoms with Crippen molar-refractivity contribution in [3.05, 3.63) is 53.6 Å². The minimum Gasteiger partial charge on any atom is -0.490 e. The number of rotatable bonds is 9. The Labute approximate surface area is 179 Å². The summed E-state index contributed by atoms with van der Waals surface area (Å²) in [5.74, 6) is 2.62. The van der Waals surface area contributed by atoms with Gasteiger partial charge in [-0.3, -0.25) is 4.99 Å². The third kappa shape index (κ3) is 4.98. The lowest BCUT2D eigenvalue weighted by Crippen LogP contribution is -2.29. The number of fused-ring (bicyclic) bond motifs is 1. The fraction of sp³-hybridized carbons (Fsp3) is 0.480. The summed E-state index contributed by atoms with van der Waals surface area (Å²) < 4.78 is 11.8. The van der Waals surface area contributed by atoms with Crippen LogP contribution in [-0.2, 0) is 0 Å². The average Bonchev–Trinajstić information content (AvgIpc) is 2.91. The number of hydrogen-bond donors (Lipinski definition) is 0. The fourth-order valence-corrected chi connectivity index (χ4v) is 5.07. The van der Waals surface area contributed by atoms with Crippen LogP contribution in [0.3, 0.4) is 0 Å². The van der Waals surface area contributed by atoms with Gasteiger partial charge in [-0.05, 0) is 38.8 Å². The molecule has 1 heterocycles. The first-order valence-corrected chi connectivity index (χ1v) is 11.9. The quantitative estimate of drug-likeness (QED) is 0.456. The monoisotopic (exact) mass is 411 g/mol. The van der Waals surface area contributed by atoms with E-state index in [0.717, 1.165) is 46.9 Å². The topological polar surface area (TPSA) is 30.8 Å². The molecule has 1 atom stereocenters. The second-order valence-corrected chi connectivity index (χ2v) is 8.47. The van der Waals surface area contributed by atoms with Crippen LogP contribution in [0.25, 0.3) is 0 Å². The number of unbranched alkanes of at least 4 members (excludes halogenated alkanes) is 1. The van der Waals surface area contributed by atoms with Gasteiger partial charge < -0.3 is 9.47 Å². The smallest absolute Gasteiger partial charge is 0.162 e. The molecule has 0 saturated heterocycles. The van der Waals surface area contributed by atoms with E-state index in [4.69, 9.17) is 14.5 Å². The Morgan fingerprint density at radius 3 is 2.28 bits per heavy atom. The highest BCUT2D eigenvalue weighted by atomic mass is 32.2. The summed E-state index contributed by atoms with van der Waals surface area (Å²) in [6.45, 7) is 9.79. The van der Waals surface area contributed by atoms with E-state index in [1.54, 1.807) is 0 Å². The summed E-state index contributed by atoms with van der Waals surface area (Å²) in [4.78, 5) is 6.68. The summed E-state index contributed by atoms with van der Waals surface area (Å²) >= 11 is 1.91. The molecule has 0 radical (unpaired) electrons. The first-order chi connectivity index (χ1) is 14.2. The second-order valence-electron chi connectivity index (χ2n) is 7.46. The van der Waals surface area contributed by atoms with E-state index in [0.29, 0.717) is 13.2 Å². The van der Waals surface area contributed by atoms with Gasteiger partial charge in [0.15, 0.2) is 11.5 Å². The highest BCUT2D eigenvalue weighted by Crippen LogP contribution is 2.42. The number of benzene rings is 2. The summed E-state index contributed by atoms with van der Waals surface area (Å²) in [5.41, 5.74) is 3.35. The Balaban J connectivity index is 2.18. The molecule has 0 bridgehead atoms. The lowest BCUT2D eigenvalue weighted by atomic mass is 9.91. The van der Waals surface area contributed by atoms with Crippen molar-refractivity contribution in [2.75, 3.05) is 19.0 Å². The van der Waals surface area contributed by atoms with E-state index in [9.17, 15) is 0 Å². The molecule has 2 aromatic carbocycles. The third-order valence-electron chi connectivity index (χ3n) is 5.45. The van der Waals surface area contributed by atoms with E-state index >= 15 is 0 Å². The van der Waals surface area contributed by atoms with Gasteiger partial charge in [-0.15, -0.1) is 11.8 Å². The molecular weight excluding hydrogens is 378 g/mol. The van der Waals surface area contributed by atoms with Crippen LogP contribution in [0.15, 0.2) is 52.4 Å². The maximum Gasteiger partial charge on any atom is 0.162 e. The molecule has 4 heteroatoms. The van der Waals surface area contributed by atoms with Gasteiger partial charge in [0.1, 0.15) is 0 Å². The van der Waals surface area contributed by atoms with Gasteiger partial charge in [0, 0.05) is 21.8 Å². The van der Waals surface area contributed by atoms with E-state index in [1.165, 1.54) is 17.7 Å². The Morgan fingerprint density at radius 2 is 1.66 bits per heavy atom. The number of aliphatic imine (C=N–C) groups is 1. The molecular formula is C25H33NO2S. The standard InChI is InChI=1S/C25H33NO2S/c1-5-9-15-25(6-2)18-29-23-17-22(28-8-4)21(27-7-3)16-20(23)24(26-25)19-13-11-10-12-14-19/h10-14,16-17H,5-9,15,18H2,1-4H3. The largest absolute Gasteiger partial charge is 0.490 e. The second kappa shape index (κ2) is 10.2. The van der Waals surface area contributed by atoms with Crippen molar-refractivity contribution in [3.63, 3.8) is 0 Å². The van der Waals surface area contributed by atoms with Crippen LogP contribution >= 0.6 is 11.8 Å². The minimum absolute atomic E-state index is 0.0393. The summed E-state index contributed by atoms with van der Waals surface area (Å²) in [6.07, 6.45) is 4.55. The highest BCUT2D eigenvalue weighted by molar-refractivity contribution is 7.99. The van der Waals surface area contributed by atoms with Crippen molar-refractivity contribution in [1.29, 1.82) is 0 Å². The zero-order valence-electron chi connectivity index (χ0n) is 18.2. The molecule has 156 valence electrons. The van der Waals surface area contributed by atoms with E-state index < -0.39 is 0 Å². The molecule has 0 N–H and O–H groups in total. The van der Waals surface area contributed by atoms with Gasteiger partial charge in [-0.1, -0.05) is 57.0 Å². The summed E-state index contributed by atoms with van der Waals surface area (Å²) in [5, 5.41) is 0. The molecule has 1 aliphatic heterocycles. The van der Waals surface area contributed by atoms with Crippen molar-refractivity contribution in [3.8, 4) is 11.5 Å². The van der Waals surface area contributed by atoms with Crippen LogP contribution in [0.5, 0.6) is 11.5 Å². The van der Waals surface area contributed by atoms with Crippen LogP contribution in [0.2, 0.25) is 0 Å². The van der Waals surface area contributed by atoms with Crippen LogP contribution in [0.1, 0.15) is 64.5 Å². The average molecular weight is 412 g/mol. The normalized spacial score (nSPS) is 18.6. The molecule has 1 aliphatic rings. The maximum atomic E-state index is 5.93. The summed E-state index contributed by atoms with van der Waals surface area (Å²) in [6, 6.07) is 14.9. The van der Waals surface area contributed by atoms with Gasteiger partial charge in [0.05, 0.1) is 24.5 Å². The number of hydrogen-bond acceptors (Lipinski definition) is 4. The van der Waals surface area contributed by atoms with Crippen molar-refractivity contribution in [1.82, 2.24) is 0 Å². The zero-order valence-corrected chi connectivity index (χ0v) is 19.0. The van der Waals surface area contributed by atoms with Crippen LogP contribution in [0.4, 0.5) is 0 Å². The van der Waals surface area contributed by atoms with E-state index in [1.807, 2.05) is 25.6 Å². The Bertz CT molecular complexity index is 834. The van der Waals surface area contributed by atoms with E-state index in [2.05, 4.69) is 56.3 Å². The molecule has 0 aromatic heterocycles. The van der Waals surface area contributed by atoms with Gasteiger partial charge in [-0.25, -0.2) is 0 Å². The van der Waals surface area contributed by atoms with Gasteiger partial charge in [0.2, 0.25) is 0 Å². The van der Waals surface area contributed by atoms with Crippen LogP contribution in [0, 0.1) is 0 Å². The predicted octanol–water partition coefficient (Wildman–Crippen LogP) is 6.77. The van der Waals surface area contributed by atoms with Crippen molar-refractivity contribution >= 4 is 17.5 Å². The van der Waals surface area contributed by atoms with Gasteiger partial charge in [0.25, 0.3) is 0 Å². The lowest BCUT2D eigenvalue weighted by molar-refractivity contribution is 0.287. The molecule has 29 heavy (non-hydrogen) atoms. The molecule has 3 nitrogen and oxygen atoms in total. The molecule has 2 aromatic rings. The van der Waals surface area contributed by atoms with E-state index in [-0.39, 0.29) is 5.54 Å². The first kappa shape index (κ1) is 21.8. The maximum absolute atomic E-state index is 5.93. The number of nitrogens with zero attached hydrogens (tertiary/aromatic N) is 1. The highest BCUT2D eigenvalue weighted by Gasteiger charge is 2.32. The third-order valence-corrected chi connectivity index (χ3v) is 6.78. The Morgan fingerprint density at radius 1 is 0.966 bits per heavy atom. The molecule has 0 amide bonds. The molecule has 0 spiro atoms. The summed E-state index contributed by atoms with van der Waals surface area (Å²) in [7, 11) is 0.